The average molecular weight is 224 g/mol. The van der Waals surface area contributed by atoms with Crippen LogP contribution in [-0.4, -0.2) is 22.3 Å². The second-order valence-electron chi connectivity index (χ2n) is 4.34. The minimum Gasteiger partial charge on any atom is -0.480 e. The van der Waals surface area contributed by atoms with Gasteiger partial charge >= 0.3 is 5.97 Å². The lowest BCUT2D eigenvalue weighted by molar-refractivity contribution is -0.140. The van der Waals surface area contributed by atoms with Crippen molar-refractivity contribution in [1.29, 1.82) is 0 Å². The van der Waals surface area contributed by atoms with Crippen LogP contribution >= 0.6 is 0 Å². The lowest BCUT2D eigenvalue weighted by atomic mass is 10.1. The standard InChI is InChI=1S/C11H16N2O3/c1-6-9(7(2)16-13-6)5-12-10(11(14)15)8-3-4-8/h8,10,12H,3-5H2,1-2H3,(H,14,15). The molecule has 1 atom stereocenters. The minimum absolute atomic E-state index is 0.290. The van der Waals surface area contributed by atoms with E-state index in [2.05, 4.69) is 10.5 Å². The minimum atomic E-state index is -0.769. The Kier molecular flexibility index (Phi) is 2.96. The van der Waals surface area contributed by atoms with E-state index in [4.69, 9.17) is 9.63 Å². The molecule has 16 heavy (non-hydrogen) atoms. The molecule has 0 amide bonds. The normalized spacial score (nSPS) is 17.4. The van der Waals surface area contributed by atoms with Crippen LogP contribution in [0.5, 0.6) is 0 Å². The van der Waals surface area contributed by atoms with E-state index >= 15 is 0 Å². The third-order valence-electron chi connectivity index (χ3n) is 3.04. The first kappa shape index (κ1) is 11.1. The van der Waals surface area contributed by atoms with Gasteiger partial charge in [0, 0.05) is 12.1 Å². The van der Waals surface area contributed by atoms with E-state index in [1.165, 1.54) is 0 Å². The summed E-state index contributed by atoms with van der Waals surface area (Å²) in [5.41, 5.74) is 1.79. The van der Waals surface area contributed by atoms with Crippen LogP contribution in [0.3, 0.4) is 0 Å². The van der Waals surface area contributed by atoms with Crippen LogP contribution in [0, 0.1) is 19.8 Å². The summed E-state index contributed by atoms with van der Waals surface area (Å²) in [5, 5.41) is 16.0. The van der Waals surface area contributed by atoms with Crippen LogP contribution in [0.2, 0.25) is 0 Å². The summed E-state index contributed by atoms with van der Waals surface area (Å²) in [6, 6.07) is -0.436. The van der Waals surface area contributed by atoms with Gasteiger partial charge in [0.05, 0.1) is 5.69 Å². The van der Waals surface area contributed by atoms with Crippen LogP contribution in [0.25, 0.3) is 0 Å². The molecule has 1 aromatic rings. The van der Waals surface area contributed by atoms with Gasteiger partial charge in [0.15, 0.2) is 0 Å². The van der Waals surface area contributed by atoms with E-state index in [1.807, 2.05) is 13.8 Å². The van der Waals surface area contributed by atoms with E-state index in [0.29, 0.717) is 6.54 Å². The Morgan fingerprint density at radius 1 is 1.62 bits per heavy atom. The first-order valence-electron chi connectivity index (χ1n) is 5.47. The Labute approximate surface area is 93.8 Å². The molecule has 2 rings (SSSR count). The zero-order valence-electron chi connectivity index (χ0n) is 9.49. The van der Waals surface area contributed by atoms with Crippen LogP contribution in [0.1, 0.15) is 29.9 Å². The second kappa shape index (κ2) is 4.25. The van der Waals surface area contributed by atoms with Gasteiger partial charge in [-0.25, -0.2) is 0 Å². The number of nitrogens with zero attached hydrogens (tertiary/aromatic N) is 1. The molecule has 1 saturated carbocycles. The predicted molar refractivity (Wildman–Crippen MR) is 57.0 cm³/mol. The summed E-state index contributed by atoms with van der Waals surface area (Å²) in [6.07, 6.45) is 2.01. The summed E-state index contributed by atoms with van der Waals surface area (Å²) in [4.78, 5) is 11.0. The molecule has 1 aliphatic rings. The molecule has 88 valence electrons. The van der Waals surface area contributed by atoms with Crippen LogP contribution in [-0.2, 0) is 11.3 Å². The molecule has 2 N–H and O–H groups in total. The fourth-order valence-electron chi connectivity index (χ4n) is 1.85. The number of carboxylic acid groups (broad SMARTS) is 1. The maximum atomic E-state index is 11.0. The molecule has 1 heterocycles. The van der Waals surface area contributed by atoms with Crippen LogP contribution in [0.15, 0.2) is 4.52 Å². The number of hydrogen-bond donors (Lipinski definition) is 2. The van der Waals surface area contributed by atoms with Crippen molar-refractivity contribution >= 4 is 5.97 Å². The van der Waals surface area contributed by atoms with Gasteiger partial charge in [-0.05, 0) is 32.6 Å². The summed E-state index contributed by atoms with van der Waals surface area (Å²) in [6.45, 7) is 4.21. The molecular formula is C11H16N2O3. The van der Waals surface area contributed by atoms with Gasteiger partial charge in [-0.3, -0.25) is 10.1 Å². The van der Waals surface area contributed by atoms with Crippen LogP contribution in [0.4, 0.5) is 0 Å². The van der Waals surface area contributed by atoms with Crippen molar-refractivity contribution in [2.75, 3.05) is 0 Å². The van der Waals surface area contributed by atoms with Gasteiger partial charge in [0.25, 0.3) is 0 Å². The number of nitrogens with one attached hydrogen (secondary N) is 1. The number of hydrogen-bond acceptors (Lipinski definition) is 4. The first-order valence-corrected chi connectivity index (χ1v) is 5.47. The third-order valence-corrected chi connectivity index (χ3v) is 3.04. The van der Waals surface area contributed by atoms with Crippen molar-refractivity contribution < 1.29 is 14.4 Å². The fourth-order valence-corrected chi connectivity index (χ4v) is 1.85. The average Bonchev–Trinajstić information content (AvgIpc) is 2.99. The highest BCUT2D eigenvalue weighted by atomic mass is 16.5. The van der Waals surface area contributed by atoms with E-state index in [0.717, 1.165) is 29.9 Å². The molecule has 5 heteroatoms. The van der Waals surface area contributed by atoms with Gasteiger partial charge in [-0.1, -0.05) is 5.16 Å². The maximum Gasteiger partial charge on any atom is 0.320 e. The lowest BCUT2D eigenvalue weighted by Gasteiger charge is -2.12. The van der Waals surface area contributed by atoms with Gasteiger partial charge in [-0.2, -0.15) is 0 Å². The smallest absolute Gasteiger partial charge is 0.320 e. The number of carbonyl (C=O) groups is 1. The van der Waals surface area contributed by atoms with Crippen molar-refractivity contribution in [3.05, 3.63) is 17.0 Å². The molecule has 5 nitrogen and oxygen atoms in total. The van der Waals surface area contributed by atoms with Crippen molar-refractivity contribution in [2.24, 2.45) is 5.92 Å². The number of aliphatic carboxylic acids is 1. The van der Waals surface area contributed by atoms with Crippen molar-refractivity contribution in [2.45, 2.75) is 39.3 Å². The highest BCUT2D eigenvalue weighted by molar-refractivity contribution is 5.74. The Hall–Kier alpha value is -1.36. The molecule has 0 aliphatic heterocycles. The Balaban J connectivity index is 1.97. The molecule has 0 radical (unpaired) electrons. The number of carboxylic acids is 1. The van der Waals surface area contributed by atoms with Gasteiger partial charge in [-0.15, -0.1) is 0 Å². The van der Waals surface area contributed by atoms with Crippen molar-refractivity contribution in [1.82, 2.24) is 10.5 Å². The molecule has 1 aromatic heterocycles. The number of aryl methyl sites for hydroxylation is 2. The highest BCUT2D eigenvalue weighted by Crippen LogP contribution is 2.33. The Morgan fingerprint density at radius 3 is 2.75 bits per heavy atom. The number of aromatic nitrogens is 1. The topological polar surface area (TPSA) is 75.4 Å². The lowest BCUT2D eigenvalue weighted by Crippen LogP contribution is -2.38. The molecule has 1 aliphatic carbocycles. The molecule has 1 fully saturated rings. The molecule has 0 bridgehead atoms. The van der Waals surface area contributed by atoms with Gasteiger partial charge in [0.2, 0.25) is 0 Å². The quantitative estimate of drug-likeness (QED) is 0.787. The maximum absolute atomic E-state index is 11.0. The molecule has 0 saturated heterocycles. The van der Waals surface area contributed by atoms with E-state index in [9.17, 15) is 4.79 Å². The van der Waals surface area contributed by atoms with Crippen molar-refractivity contribution in [3.8, 4) is 0 Å². The van der Waals surface area contributed by atoms with E-state index in [-0.39, 0.29) is 5.92 Å². The molecule has 0 aromatic carbocycles. The predicted octanol–water partition coefficient (Wildman–Crippen LogP) is 1.24. The summed E-state index contributed by atoms with van der Waals surface area (Å²) in [5.74, 6) is 0.275. The van der Waals surface area contributed by atoms with Crippen LogP contribution < -0.4 is 5.32 Å². The van der Waals surface area contributed by atoms with Gasteiger partial charge in [0.1, 0.15) is 11.8 Å². The van der Waals surface area contributed by atoms with Crippen molar-refractivity contribution in [3.63, 3.8) is 0 Å². The largest absolute Gasteiger partial charge is 0.480 e. The zero-order chi connectivity index (χ0) is 11.7. The van der Waals surface area contributed by atoms with E-state index in [1.54, 1.807) is 0 Å². The Morgan fingerprint density at radius 2 is 2.31 bits per heavy atom. The second-order valence-corrected chi connectivity index (χ2v) is 4.34. The summed E-state index contributed by atoms with van der Waals surface area (Å²) >= 11 is 0. The summed E-state index contributed by atoms with van der Waals surface area (Å²) in [7, 11) is 0. The SMILES string of the molecule is Cc1noc(C)c1CNC(C(=O)O)C1CC1. The highest BCUT2D eigenvalue weighted by Gasteiger charge is 2.35. The zero-order valence-corrected chi connectivity index (χ0v) is 9.49. The summed E-state index contributed by atoms with van der Waals surface area (Å²) < 4.78 is 5.03. The van der Waals surface area contributed by atoms with Gasteiger partial charge < -0.3 is 9.63 Å². The monoisotopic (exact) mass is 224 g/mol. The third kappa shape index (κ3) is 2.24. The first-order chi connectivity index (χ1) is 7.59. The van der Waals surface area contributed by atoms with E-state index < -0.39 is 12.0 Å². The molecular weight excluding hydrogens is 208 g/mol. The number of rotatable bonds is 5. The molecule has 1 unspecified atom stereocenters. The Bertz CT molecular complexity index is 376. The molecule has 0 spiro atoms. The fraction of sp³-hybridized carbons (Fsp3) is 0.636.